The zero-order valence-electron chi connectivity index (χ0n) is 23.7. The molecule has 6 rings (SSSR count). The number of piperidine rings is 1. The summed E-state index contributed by atoms with van der Waals surface area (Å²) in [6.45, 7) is 6.93. The van der Waals surface area contributed by atoms with Crippen LogP contribution < -0.4 is 20.7 Å². The molecule has 3 saturated heterocycles. The van der Waals surface area contributed by atoms with Crippen LogP contribution in [0.15, 0.2) is 53.6 Å². The van der Waals surface area contributed by atoms with Crippen molar-refractivity contribution in [1.29, 1.82) is 0 Å². The number of nitrogens with one attached hydrogen (secondary N) is 1. The van der Waals surface area contributed by atoms with Gasteiger partial charge in [-0.2, -0.15) is 0 Å². The highest BCUT2D eigenvalue weighted by Gasteiger charge is 2.27. The molecule has 42 heavy (non-hydrogen) atoms. The molecule has 2 aromatic heterocycles. The molecule has 1 N–H and O–H groups in total. The molecule has 232 valence electrons. The predicted octanol–water partition coefficient (Wildman–Crippen LogP) is 4.88. The van der Waals surface area contributed by atoms with Crippen LogP contribution in [0, 0.1) is 5.82 Å². The first-order valence-corrected chi connectivity index (χ1v) is 13.8. The molecule has 0 aliphatic carbocycles. The van der Waals surface area contributed by atoms with E-state index in [0.717, 1.165) is 31.9 Å². The van der Waals surface area contributed by atoms with Crippen LogP contribution >= 0.6 is 49.6 Å². The van der Waals surface area contributed by atoms with Gasteiger partial charge in [0, 0.05) is 75.4 Å². The van der Waals surface area contributed by atoms with E-state index in [1.165, 1.54) is 62.3 Å². The highest BCUT2D eigenvalue weighted by molar-refractivity contribution is 5.86. The smallest absolute Gasteiger partial charge is 0.255 e. The minimum absolute atomic E-state index is 0. The normalized spacial score (nSPS) is 19.2. The van der Waals surface area contributed by atoms with Crippen molar-refractivity contribution in [3.8, 4) is 11.3 Å². The van der Waals surface area contributed by atoms with Gasteiger partial charge in [-0.3, -0.25) is 14.3 Å². The van der Waals surface area contributed by atoms with E-state index in [2.05, 4.69) is 49.3 Å². The molecule has 0 radical (unpaired) electrons. The summed E-state index contributed by atoms with van der Waals surface area (Å²) < 4.78 is 15.9. The lowest BCUT2D eigenvalue weighted by Crippen LogP contribution is -2.47. The number of piperazine rings is 1. The predicted molar refractivity (Wildman–Crippen MR) is 177 cm³/mol. The van der Waals surface area contributed by atoms with Crippen molar-refractivity contribution in [2.24, 2.45) is 7.05 Å². The molecule has 3 aromatic rings. The molecule has 13 heteroatoms. The fourth-order valence-corrected chi connectivity index (χ4v) is 6.20. The van der Waals surface area contributed by atoms with Crippen LogP contribution in [0.3, 0.4) is 0 Å². The number of hydrogen-bond acceptors (Lipinski definition) is 7. The largest absolute Gasteiger partial charge is 0.371 e. The lowest BCUT2D eigenvalue weighted by Gasteiger charge is -2.38. The Morgan fingerprint density at radius 2 is 1.60 bits per heavy atom. The average molecular weight is 663 g/mol. The first kappa shape index (κ1) is 36.1. The molecule has 1 aromatic carbocycles. The summed E-state index contributed by atoms with van der Waals surface area (Å²) in [6.07, 6.45) is 7.86. The molecule has 3 aliphatic heterocycles. The molecule has 5 heterocycles. The number of halogens is 5. The highest BCUT2D eigenvalue weighted by Crippen LogP contribution is 2.28. The SMILES string of the molecule is Cl.Cl.Cl.Cl.Cn1c(N2CCN[C@@H](c3ccc(N4CCC(N5CCCC5)CC4)cc3)C2)nc(-c2ccncc2F)cc1=O. The van der Waals surface area contributed by atoms with E-state index in [1.807, 2.05) is 0 Å². The molecule has 8 nitrogen and oxygen atoms in total. The van der Waals surface area contributed by atoms with E-state index in [4.69, 9.17) is 4.98 Å². The quantitative estimate of drug-likeness (QED) is 0.418. The third-order valence-corrected chi connectivity index (χ3v) is 8.40. The van der Waals surface area contributed by atoms with Gasteiger partial charge in [-0.25, -0.2) is 9.37 Å². The van der Waals surface area contributed by atoms with Crippen molar-refractivity contribution in [2.45, 2.75) is 37.8 Å². The Balaban J connectivity index is 0.00000154. The van der Waals surface area contributed by atoms with Gasteiger partial charge in [-0.15, -0.1) is 49.6 Å². The molecule has 3 aliphatic rings. The summed E-state index contributed by atoms with van der Waals surface area (Å²) in [6, 6.07) is 12.7. The van der Waals surface area contributed by atoms with Crippen molar-refractivity contribution >= 4 is 61.3 Å². The fourth-order valence-electron chi connectivity index (χ4n) is 6.20. The second kappa shape index (κ2) is 16.1. The number of anilines is 2. The van der Waals surface area contributed by atoms with E-state index in [0.29, 0.717) is 24.7 Å². The Hall–Kier alpha value is -2.14. The molecular formula is C29H40Cl4FN7O. The topological polar surface area (TPSA) is 69.5 Å². The van der Waals surface area contributed by atoms with Gasteiger partial charge in [-0.1, -0.05) is 12.1 Å². The number of likely N-dealkylation sites (tertiary alicyclic amines) is 1. The molecule has 0 bridgehead atoms. The second-order valence-corrected chi connectivity index (χ2v) is 10.7. The number of nitrogens with zero attached hydrogens (tertiary/aromatic N) is 6. The van der Waals surface area contributed by atoms with Gasteiger partial charge in [0.15, 0.2) is 5.82 Å². The minimum Gasteiger partial charge on any atom is -0.371 e. The lowest BCUT2D eigenvalue weighted by atomic mass is 10.0. The summed E-state index contributed by atoms with van der Waals surface area (Å²) in [7, 11) is 1.72. The van der Waals surface area contributed by atoms with Gasteiger partial charge in [-0.05, 0) is 62.5 Å². The fraction of sp³-hybridized carbons (Fsp3) is 0.483. The van der Waals surface area contributed by atoms with Crippen LogP contribution in [0.1, 0.15) is 37.3 Å². The molecule has 0 saturated carbocycles. The highest BCUT2D eigenvalue weighted by atomic mass is 35.5. The van der Waals surface area contributed by atoms with E-state index in [-0.39, 0.29) is 66.8 Å². The Morgan fingerprint density at radius 3 is 2.26 bits per heavy atom. The van der Waals surface area contributed by atoms with Crippen molar-refractivity contribution in [3.63, 3.8) is 0 Å². The first-order valence-electron chi connectivity index (χ1n) is 13.8. The molecule has 0 unspecified atom stereocenters. The maximum absolute atomic E-state index is 14.4. The lowest BCUT2D eigenvalue weighted by molar-refractivity contribution is 0.208. The van der Waals surface area contributed by atoms with Crippen LogP contribution in [-0.4, -0.2) is 71.3 Å². The number of benzene rings is 1. The van der Waals surface area contributed by atoms with E-state index in [1.54, 1.807) is 17.7 Å². The Bertz CT molecular complexity index is 1330. The van der Waals surface area contributed by atoms with Gasteiger partial charge in [0.1, 0.15) is 0 Å². The standard InChI is InChI=1S/C29H36FN7O.4ClH/c1-34-28(38)18-26(24-8-11-31-19-25(24)30)33-29(34)37-17-12-32-27(20-37)21-4-6-22(7-5-21)36-15-9-23(10-16-36)35-13-2-3-14-35;;;;/h4-8,11,18-19,23,27,32H,2-3,9-10,12-17,20H2,1H3;4*1H/t27-;;;;/m1..../s1. The summed E-state index contributed by atoms with van der Waals surface area (Å²) >= 11 is 0. The summed E-state index contributed by atoms with van der Waals surface area (Å²) in [5.74, 6) is 0.0606. The van der Waals surface area contributed by atoms with Gasteiger partial charge in [0.2, 0.25) is 5.95 Å². The van der Waals surface area contributed by atoms with Gasteiger partial charge >= 0.3 is 0 Å². The average Bonchev–Trinajstić information content (AvgIpc) is 3.50. The zero-order valence-corrected chi connectivity index (χ0v) is 26.9. The van der Waals surface area contributed by atoms with Gasteiger partial charge < -0.3 is 20.0 Å². The Labute approximate surface area is 271 Å². The van der Waals surface area contributed by atoms with Gasteiger partial charge in [0.05, 0.1) is 11.9 Å². The number of pyridine rings is 1. The third kappa shape index (κ3) is 7.68. The van der Waals surface area contributed by atoms with Crippen LogP contribution in [-0.2, 0) is 7.05 Å². The Kier molecular flexibility index (Phi) is 13.8. The van der Waals surface area contributed by atoms with Crippen LogP contribution in [0.5, 0.6) is 0 Å². The minimum atomic E-state index is -0.488. The molecule has 1 atom stereocenters. The zero-order chi connectivity index (χ0) is 26.1. The number of rotatable bonds is 5. The van der Waals surface area contributed by atoms with Gasteiger partial charge in [0.25, 0.3) is 5.56 Å². The Morgan fingerprint density at radius 1 is 0.905 bits per heavy atom. The van der Waals surface area contributed by atoms with E-state index < -0.39 is 5.82 Å². The summed E-state index contributed by atoms with van der Waals surface area (Å²) in [4.78, 5) is 28.6. The summed E-state index contributed by atoms with van der Waals surface area (Å²) in [5.41, 5.74) is 2.90. The number of hydrogen-bond donors (Lipinski definition) is 1. The molecule has 0 amide bonds. The maximum Gasteiger partial charge on any atom is 0.255 e. The molecule has 3 fully saturated rings. The van der Waals surface area contributed by atoms with E-state index in [9.17, 15) is 9.18 Å². The van der Waals surface area contributed by atoms with Crippen molar-refractivity contribution in [1.82, 2.24) is 24.8 Å². The van der Waals surface area contributed by atoms with Crippen LogP contribution in [0.2, 0.25) is 0 Å². The second-order valence-electron chi connectivity index (χ2n) is 10.7. The van der Waals surface area contributed by atoms with Crippen molar-refractivity contribution in [2.75, 3.05) is 55.6 Å². The van der Waals surface area contributed by atoms with Crippen molar-refractivity contribution in [3.05, 3.63) is 70.5 Å². The molecule has 0 spiro atoms. The van der Waals surface area contributed by atoms with Crippen LogP contribution in [0.4, 0.5) is 16.0 Å². The van der Waals surface area contributed by atoms with Crippen molar-refractivity contribution < 1.29 is 4.39 Å². The van der Waals surface area contributed by atoms with Crippen LogP contribution in [0.25, 0.3) is 11.3 Å². The molecular weight excluding hydrogens is 623 g/mol. The maximum atomic E-state index is 14.4. The number of aromatic nitrogens is 3. The first-order chi connectivity index (χ1) is 18.6. The monoisotopic (exact) mass is 661 g/mol. The van der Waals surface area contributed by atoms with E-state index >= 15 is 0 Å². The summed E-state index contributed by atoms with van der Waals surface area (Å²) in [5, 5.41) is 3.62. The third-order valence-electron chi connectivity index (χ3n) is 8.40.